The van der Waals surface area contributed by atoms with Gasteiger partial charge in [-0.1, -0.05) is 49.7 Å². The minimum Gasteiger partial charge on any atom is -0.395 e. The maximum atomic E-state index is 14.3. The lowest BCUT2D eigenvalue weighted by Crippen LogP contribution is -2.26. The number of carbonyl (C=O) groups is 2. The Hall–Kier alpha value is -4.28. The Labute approximate surface area is 218 Å². The molecule has 0 radical (unpaired) electrons. The van der Waals surface area contributed by atoms with Gasteiger partial charge in [-0.2, -0.15) is 5.10 Å². The predicted molar refractivity (Wildman–Crippen MR) is 141 cm³/mol. The number of amides is 2. The maximum Gasteiger partial charge on any atom is 0.271 e. The molecule has 0 aliphatic carbocycles. The molecule has 11 heteroatoms. The van der Waals surface area contributed by atoms with Crippen LogP contribution in [0.5, 0.6) is 0 Å². The second-order valence-corrected chi connectivity index (χ2v) is 7.76. The molecule has 9 nitrogen and oxygen atoms in total. The number of benzene rings is 2. The molecule has 0 unspecified atom stereocenters. The normalized spacial score (nSPS) is 10.3. The molecule has 0 fully saturated rings. The molecule has 0 saturated carbocycles. The molecular weight excluding hydrogens is 499 g/mol. The summed E-state index contributed by atoms with van der Waals surface area (Å²) in [7, 11) is 0. The predicted octanol–water partition coefficient (Wildman–Crippen LogP) is 4.31. The minimum atomic E-state index is -0.611. The summed E-state index contributed by atoms with van der Waals surface area (Å²) < 4.78 is 15.7. The van der Waals surface area contributed by atoms with E-state index in [1.54, 1.807) is 24.3 Å². The zero-order valence-corrected chi connectivity index (χ0v) is 21.0. The summed E-state index contributed by atoms with van der Waals surface area (Å²) in [4.78, 5) is 29.6. The van der Waals surface area contributed by atoms with Gasteiger partial charge in [0.2, 0.25) is 0 Å². The Morgan fingerprint density at radius 3 is 2.49 bits per heavy atom. The molecule has 2 amide bonds. The van der Waals surface area contributed by atoms with Gasteiger partial charge < -0.3 is 21.5 Å². The molecule has 4 aromatic rings. The molecule has 5 N–H and O–H groups in total. The fourth-order valence-electron chi connectivity index (χ4n) is 3.30. The zero-order chi connectivity index (χ0) is 26.9. The highest BCUT2D eigenvalue weighted by Gasteiger charge is 2.20. The summed E-state index contributed by atoms with van der Waals surface area (Å²) in [6.07, 6.45) is 0. The van der Waals surface area contributed by atoms with Gasteiger partial charge in [0, 0.05) is 18.2 Å². The van der Waals surface area contributed by atoms with Gasteiger partial charge in [0.1, 0.15) is 23.1 Å². The molecule has 2 aromatic carbocycles. The van der Waals surface area contributed by atoms with Gasteiger partial charge in [-0.15, -0.1) is 0 Å². The maximum absolute atomic E-state index is 14.3. The number of hydrogen-bond donors (Lipinski definition) is 4. The summed E-state index contributed by atoms with van der Waals surface area (Å²) in [6.45, 7) is 3.82. The number of nitrogens with one attached hydrogen (secondary N) is 2. The van der Waals surface area contributed by atoms with Gasteiger partial charge in [-0.25, -0.2) is 14.1 Å². The Morgan fingerprint density at radius 2 is 1.78 bits per heavy atom. The number of para-hydroxylation sites is 1. The van der Waals surface area contributed by atoms with Gasteiger partial charge >= 0.3 is 0 Å². The molecule has 37 heavy (non-hydrogen) atoms. The molecule has 0 aliphatic rings. The van der Waals surface area contributed by atoms with Crippen molar-refractivity contribution >= 4 is 35.1 Å². The second kappa shape index (κ2) is 12.6. The van der Waals surface area contributed by atoms with E-state index in [0.717, 1.165) is 0 Å². The summed E-state index contributed by atoms with van der Waals surface area (Å²) in [6, 6.07) is 17.2. The van der Waals surface area contributed by atoms with Crippen LogP contribution >= 0.6 is 11.6 Å². The number of nitrogens with zero attached hydrogens (tertiary/aromatic N) is 3. The van der Waals surface area contributed by atoms with Crippen LogP contribution in [0.15, 0.2) is 66.7 Å². The number of carbonyl (C=O) groups excluding carboxylic acids is 2. The first-order chi connectivity index (χ1) is 17.9. The van der Waals surface area contributed by atoms with E-state index in [1.165, 1.54) is 41.1 Å². The van der Waals surface area contributed by atoms with E-state index in [4.69, 9.17) is 22.4 Å². The number of halogens is 2. The molecule has 0 aliphatic heterocycles. The van der Waals surface area contributed by atoms with Crippen LogP contribution in [0, 0.1) is 5.82 Å². The van der Waals surface area contributed by atoms with E-state index in [2.05, 4.69) is 20.7 Å². The number of nitrogens with two attached hydrogens (primary N) is 1. The third-order valence-corrected chi connectivity index (χ3v) is 5.26. The minimum absolute atomic E-state index is 0.0205. The quantitative estimate of drug-likeness (QED) is 0.284. The van der Waals surface area contributed by atoms with Crippen molar-refractivity contribution in [1.82, 2.24) is 20.1 Å². The van der Waals surface area contributed by atoms with E-state index in [-0.39, 0.29) is 46.8 Å². The molecule has 0 spiro atoms. The van der Waals surface area contributed by atoms with Crippen molar-refractivity contribution in [2.75, 3.05) is 24.2 Å². The third-order valence-electron chi connectivity index (χ3n) is 4.93. The number of aliphatic hydroxyl groups is 1. The van der Waals surface area contributed by atoms with Crippen LogP contribution in [0.25, 0.3) is 16.9 Å². The number of aromatic nitrogens is 3. The molecule has 192 valence electrons. The van der Waals surface area contributed by atoms with Crippen molar-refractivity contribution in [1.29, 1.82) is 0 Å². The lowest BCUT2D eigenvalue weighted by Gasteiger charge is -2.11. The molecule has 0 atom stereocenters. The Morgan fingerprint density at radius 1 is 1.05 bits per heavy atom. The molecule has 0 saturated heterocycles. The fraction of sp³-hybridized carbons (Fsp3) is 0.154. The van der Waals surface area contributed by atoms with Gasteiger partial charge in [0.15, 0.2) is 5.69 Å². The highest BCUT2D eigenvalue weighted by Crippen LogP contribution is 2.28. The largest absolute Gasteiger partial charge is 0.395 e. The first-order valence-electron chi connectivity index (χ1n) is 11.4. The average Bonchev–Trinajstić information content (AvgIpc) is 3.34. The molecule has 4 rings (SSSR count). The van der Waals surface area contributed by atoms with Crippen molar-refractivity contribution in [3.8, 4) is 16.9 Å². The topological polar surface area (TPSA) is 135 Å². The van der Waals surface area contributed by atoms with Gasteiger partial charge in [0.25, 0.3) is 11.8 Å². The van der Waals surface area contributed by atoms with E-state index in [1.807, 2.05) is 19.9 Å². The number of pyridine rings is 1. The Kier molecular flexibility index (Phi) is 9.31. The summed E-state index contributed by atoms with van der Waals surface area (Å²) in [5.74, 6) is -1.41. The van der Waals surface area contributed by atoms with E-state index in [0.29, 0.717) is 11.3 Å². The average molecular weight is 525 g/mol. The smallest absolute Gasteiger partial charge is 0.271 e. The summed E-state index contributed by atoms with van der Waals surface area (Å²) >= 11 is 6.28. The van der Waals surface area contributed by atoms with Crippen LogP contribution < -0.4 is 16.4 Å². The second-order valence-electron chi connectivity index (χ2n) is 7.36. The van der Waals surface area contributed by atoms with E-state index < -0.39 is 17.6 Å². The Balaban J connectivity index is 0.00000186. The third kappa shape index (κ3) is 6.49. The number of aliphatic hydroxyl groups excluding tert-OH is 1. The lowest BCUT2D eigenvalue weighted by molar-refractivity contribution is 0.0938. The summed E-state index contributed by atoms with van der Waals surface area (Å²) in [5, 5.41) is 18.6. The van der Waals surface area contributed by atoms with Crippen LogP contribution in [-0.4, -0.2) is 44.8 Å². The van der Waals surface area contributed by atoms with Gasteiger partial charge in [-0.05, 0) is 36.4 Å². The molecule has 2 heterocycles. The van der Waals surface area contributed by atoms with E-state index in [9.17, 15) is 14.0 Å². The Bertz CT molecular complexity index is 1390. The highest BCUT2D eigenvalue weighted by molar-refractivity contribution is 6.34. The fourth-order valence-corrected chi connectivity index (χ4v) is 3.50. The van der Waals surface area contributed by atoms with Crippen molar-refractivity contribution in [3.05, 3.63) is 88.8 Å². The highest BCUT2D eigenvalue weighted by atomic mass is 35.5. The van der Waals surface area contributed by atoms with Crippen LogP contribution in [0.2, 0.25) is 5.02 Å². The monoisotopic (exact) mass is 524 g/mol. The van der Waals surface area contributed by atoms with Crippen molar-refractivity contribution in [3.63, 3.8) is 0 Å². The SMILES string of the molecule is CC.Nc1ccc(F)c(-c2ccc(Cl)c(C(=O)Nc3cc(C(=O)NCCO)nn3-c3ccccc3)c2)n1. The number of hydrogen-bond acceptors (Lipinski definition) is 6. The van der Waals surface area contributed by atoms with Crippen LogP contribution in [-0.2, 0) is 0 Å². The van der Waals surface area contributed by atoms with Crippen LogP contribution in [0.1, 0.15) is 34.7 Å². The summed E-state index contributed by atoms with van der Waals surface area (Å²) in [5.41, 5.74) is 6.65. The molecule has 0 bridgehead atoms. The zero-order valence-electron chi connectivity index (χ0n) is 20.2. The van der Waals surface area contributed by atoms with Crippen molar-refractivity contribution < 1.29 is 19.1 Å². The number of rotatable bonds is 7. The lowest BCUT2D eigenvalue weighted by atomic mass is 10.1. The first kappa shape index (κ1) is 27.3. The van der Waals surface area contributed by atoms with Gasteiger partial charge in [-0.3, -0.25) is 9.59 Å². The van der Waals surface area contributed by atoms with Gasteiger partial charge in [0.05, 0.1) is 22.9 Å². The van der Waals surface area contributed by atoms with Crippen LogP contribution in [0.4, 0.5) is 16.0 Å². The van der Waals surface area contributed by atoms with Crippen LogP contribution in [0.3, 0.4) is 0 Å². The standard InChI is InChI=1S/C24H20ClFN6O3.C2H6/c25-17-7-6-14(22-18(26)8-9-20(27)29-22)12-16(17)23(34)30-21-13-19(24(35)28-10-11-33)31-32(21)15-4-2-1-3-5-15;1-2/h1-9,12-13,33H,10-11H2,(H2,27,29)(H,28,35)(H,30,34);1-2H3. The van der Waals surface area contributed by atoms with Crippen molar-refractivity contribution in [2.24, 2.45) is 0 Å². The van der Waals surface area contributed by atoms with E-state index >= 15 is 0 Å². The number of anilines is 2. The van der Waals surface area contributed by atoms with Crippen molar-refractivity contribution in [2.45, 2.75) is 13.8 Å². The first-order valence-corrected chi connectivity index (χ1v) is 11.8. The molecular formula is C26H26ClFN6O3. The number of nitrogen functional groups attached to an aromatic ring is 1. The molecule has 2 aromatic heterocycles.